The summed E-state index contributed by atoms with van der Waals surface area (Å²) in [6, 6.07) is 13.5. The van der Waals surface area contributed by atoms with Crippen LogP contribution in [0, 0.1) is 6.92 Å². The number of amides is 1. The molecule has 4 heterocycles. The van der Waals surface area contributed by atoms with Crippen molar-refractivity contribution in [1.29, 1.82) is 0 Å². The fourth-order valence-electron chi connectivity index (χ4n) is 3.33. The van der Waals surface area contributed by atoms with Crippen molar-refractivity contribution < 1.29 is 4.79 Å². The Balaban J connectivity index is 1.31. The molecule has 5 aromatic rings. The Hall–Kier alpha value is -3.79. The molecule has 0 spiro atoms. The molecule has 0 saturated heterocycles. The summed E-state index contributed by atoms with van der Waals surface area (Å²) in [5.41, 5.74) is 4.05. The number of halogens is 1. The van der Waals surface area contributed by atoms with E-state index in [1.807, 2.05) is 66.2 Å². The molecule has 0 radical (unpaired) electrons. The largest absolute Gasteiger partial charge is 0.318 e. The Bertz CT molecular complexity index is 1370. The van der Waals surface area contributed by atoms with Crippen LogP contribution in [0.5, 0.6) is 0 Å². The molecule has 0 bridgehead atoms. The van der Waals surface area contributed by atoms with Crippen molar-refractivity contribution >= 4 is 33.2 Å². The monoisotopic (exact) mass is 476 g/mol. The van der Waals surface area contributed by atoms with Gasteiger partial charge in [0.05, 0.1) is 35.5 Å². The molecule has 0 unspecified atom stereocenters. The maximum absolute atomic E-state index is 12.7. The van der Waals surface area contributed by atoms with Crippen LogP contribution in [0.25, 0.3) is 11.3 Å². The van der Waals surface area contributed by atoms with Crippen LogP contribution in [-0.4, -0.2) is 40.1 Å². The average Bonchev–Trinajstić information content (AvgIpc) is 3.46. The summed E-state index contributed by atoms with van der Waals surface area (Å²) in [4.78, 5) is 17.3. The predicted molar refractivity (Wildman–Crippen MR) is 118 cm³/mol. The van der Waals surface area contributed by atoms with Crippen LogP contribution in [-0.2, 0) is 6.54 Å². The molecule has 0 atom stereocenters. The molecule has 0 aliphatic heterocycles. The Labute approximate surface area is 185 Å². The summed E-state index contributed by atoms with van der Waals surface area (Å²) in [7, 11) is 0. The summed E-state index contributed by atoms with van der Waals surface area (Å²) >= 11 is 3.44. The maximum atomic E-state index is 12.7. The molecular formula is C21H17BrN8O. The Morgan fingerprint density at radius 3 is 2.90 bits per heavy atom. The Morgan fingerprint density at radius 2 is 2.06 bits per heavy atom. The van der Waals surface area contributed by atoms with Gasteiger partial charge in [0.25, 0.3) is 5.91 Å². The lowest BCUT2D eigenvalue weighted by molar-refractivity contribution is 0.102. The van der Waals surface area contributed by atoms with Gasteiger partial charge < -0.3 is 9.72 Å². The SMILES string of the molecule is Cc1c(C(=O)Nc2cnn(Cc3cn4ccccc4n3)c2)nnn1-c1cccc(Br)c1. The molecular weight excluding hydrogens is 460 g/mol. The highest BCUT2D eigenvalue weighted by Gasteiger charge is 2.18. The van der Waals surface area contributed by atoms with Crippen LogP contribution in [0.3, 0.4) is 0 Å². The summed E-state index contributed by atoms with van der Waals surface area (Å²) in [5, 5.41) is 15.3. The fourth-order valence-corrected chi connectivity index (χ4v) is 3.71. The zero-order chi connectivity index (χ0) is 21.4. The van der Waals surface area contributed by atoms with Crippen LogP contribution < -0.4 is 5.32 Å². The van der Waals surface area contributed by atoms with Crippen molar-refractivity contribution in [1.82, 2.24) is 34.2 Å². The van der Waals surface area contributed by atoms with Crippen molar-refractivity contribution in [3.8, 4) is 5.69 Å². The van der Waals surface area contributed by atoms with E-state index in [2.05, 4.69) is 41.6 Å². The van der Waals surface area contributed by atoms with E-state index in [1.165, 1.54) is 0 Å². The third-order valence-electron chi connectivity index (χ3n) is 4.79. The van der Waals surface area contributed by atoms with Gasteiger partial charge in [0.2, 0.25) is 0 Å². The van der Waals surface area contributed by atoms with Crippen LogP contribution in [0.2, 0.25) is 0 Å². The second-order valence-corrected chi connectivity index (χ2v) is 7.91. The van der Waals surface area contributed by atoms with E-state index in [9.17, 15) is 4.79 Å². The lowest BCUT2D eigenvalue weighted by Gasteiger charge is -2.04. The molecule has 1 N–H and O–H groups in total. The fraction of sp³-hybridized carbons (Fsp3) is 0.0952. The number of nitrogens with zero attached hydrogens (tertiary/aromatic N) is 7. The molecule has 0 saturated carbocycles. The molecule has 9 nitrogen and oxygen atoms in total. The van der Waals surface area contributed by atoms with Crippen LogP contribution in [0.1, 0.15) is 21.9 Å². The average molecular weight is 477 g/mol. The van der Waals surface area contributed by atoms with Gasteiger partial charge in [-0.2, -0.15) is 5.10 Å². The number of fused-ring (bicyclic) bond motifs is 1. The number of aromatic nitrogens is 7. The zero-order valence-corrected chi connectivity index (χ0v) is 18.1. The van der Waals surface area contributed by atoms with E-state index in [4.69, 9.17) is 0 Å². The summed E-state index contributed by atoms with van der Waals surface area (Å²) in [6.07, 6.45) is 7.26. The number of benzene rings is 1. The minimum Gasteiger partial charge on any atom is -0.318 e. The van der Waals surface area contributed by atoms with Crippen molar-refractivity contribution in [3.05, 3.63) is 88.8 Å². The van der Waals surface area contributed by atoms with Crippen molar-refractivity contribution in [2.45, 2.75) is 13.5 Å². The molecule has 0 aliphatic rings. The van der Waals surface area contributed by atoms with Gasteiger partial charge in [-0.25, -0.2) is 9.67 Å². The summed E-state index contributed by atoms with van der Waals surface area (Å²) in [6.45, 7) is 2.30. The van der Waals surface area contributed by atoms with E-state index >= 15 is 0 Å². The number of hydrogen-bond donors (Lipinski definition) is 1. The minimum atomic E-state index is -0.342. The first kappa shape index (κ1) is 19.2. The Kier molecular flexibility index (Phi) is 4.83. The lowest BCUT2D eigenvalue weighted by Crippen LogP contribution is -2.14. The van der Waals surface area contributed by atoms with Gasteiger partial charge in [-0.3, -0.25) is 9.48 Å². The topological polar surface area (TPSA) is 94.9 Å². The quantitative estimate of drug-likeness (QED) is 0.418. The highest BCUT2D eigenvalue weighted by Crippen LogP contribution is 2.18. The summed E-state index contributed by atoms with van der Waals surface area (Å²) in [5.74, 6) is -0.342. The van der Waals surface area contributed by atoms with E-state index in [0.717, 1.165) is 21.5 Å². The number of carbonyl (C=O) groups is 1. The van der Waals surface area contributed by atoms with Crippen LogP contribution in [0.4, 0.5) is 5.69 Å². The first-order chi connectivity index (χ1) is 15.1. The molecule has 1 amide bonds. The second-order valence-electron chi connectivity index (χ2n) is 6.99. The number of carbonyl (C=O) groups excluding carboxylic acids is 1. The highest BCUT2D eigenvalue weighted by atomic mass is 79.9. The van der Waals surface area contributed by atoms with Gasteiger partial charge in [-0.15, -0.1) is 5.10 Å². The first-order valence-electron chi connectivity index (χ1n) is 9.51. The molecule has 0 aliphatic carbocycles. The van der Waals surface area contributed by atoms with E-state index < -0.39 is 0 Å². The number of rotatable bonds is 5. The lowest BCUT2D eigenvalue weighted by atomic mass is 10.3. The van der Waals surface area contributed by atoms with E-state index in [-0.39, 0.29) is 11.6 Å². The molecule has 0 fully saturated rings. The molecule has 154 valence electrons. The second kappa shape index (κ2) is 7.80. The highest BCUT2D eigenvalue weighted by molar-refractivity contribution is 9.10. The third kappa shape index (κ3) is 3.84. The molecule has 1 aromatic carbocycles. The number of nitrogens with one attached hydrogen (secondary N) is 1. The maximum Gasteiger partial charge on any atom is 0.278 e. The van der Waals surface area contributed by atoms with Crippen molar-refractivity contribution in [3.63, 3.8) is 0 Å². The number of hydrogen-bond acceptors (Lipinski definition) is 5. The van der Waals surface area contributed by atoms with E-state index in [0.29, 0.717) is 17.9 Å². The molecule has 31 heavy (non-hydrogen) atoms. The molecule has 5 rings (SSSR count). The number of anilines is 1. The normalized spacial score (nSPS) is 11.2. The van der Waals surface area contributed by atoms with Gasteiger partial charge >= 0.3 is 0 Å². The molecule has 4 aromatic heterocycles. The smallest absolute Gasteiger partial charge is 0.278 e. The zero-order valence-electron chi connectivity index (χ0n) is 16.5. The predicted octanol–water partition coefficient (Wildman–Crippen LogP) is 3.48. The van der Waals surface area contributed by atoms with Crippen LogP contribution >= 0.6 is 15.9 Å². The third-order valence-corrected chi connectivity index (χ3v) is 5.28. The molecule has 10 heteroatoms. The van der Waals surface area contributed by atoms with Gasteiger partial charge in [-0.05, 0) is 37.3 Å². The Morgan fingerprint density at radius 1 is 1.16 bits per heavy atom. The van der Waals surface area contributed by atoms with Gasteiger partial charge in [0.15, 0.2) is 5.69 Å². The standard InChI is InChI=1S/C21H17BrN8O/c1-14-20(26-27-30(14)18-6-4-5-15(22)9-18)21(31)25-16-10-23-29(12-16)13-17-11-28-8-3-2-7-19(28)24-17/h2-12H,13H2,1H3,(H,25,31). The van der Waals surface area contributed by atoms with E-state index in [1.54, 1.807) is 21.8 Å². The van der Waals surface area contributed by atoms with Crippen LogP contribution in [0.15, 0.2) is 71.7 Å². The minimum absolute atomic E-state index is 0.257. The number of imidazole rings is 1. The summed E-state index contributed by atoms with van der Waals surface area (Å²) < 4.78 is 6.23. The van der Waals surface area contributed by atoms with Crippen molar-refractivity contribution in [2.75, 3.05) is 5.32 Å². The number of pyridine rings is 1. The first-order valence-corrected chi connectivity index (χ1v) is 10.3. The van der Waals surface area contributed by atoms with Gasteiger partial charge in [-0.1, -0.05) is 33.3 Å². The van der Waals surface area contributed by atoms with Gasteiger partial charge in [0, 0.05) is 23.1 Å². The van der Waals surface area contributed by atoms with Gasteiger partial charge in [0.1, 0.15) is 5.65 Å². The van der Waals surface area contributed by atoms with Crippen molar-refractivity contribution in [2.24, 2.45) is 0 Å².